The normalized spacial score (nSPS) is 15.6. The Labute approximate surface area is 388 Å². The highest BCUT2D eigenvalue weighted by atomic mass is 15.2. The molecule has 4 aliphatic rings. The summed E-state index contributed by atoms with van der Waals surface area (Å²) in [5.41, 5.74) is 25.4. The predicted octanol–water partition coefficient (Wildman–Crippen LogP) is 16.0. The molecule has 2 aliphatic heterocycles. The van der Waals surface area contributed by atoms with Gasteiger partial charge in [0.2, 0.25) is 0 Å². The molecule has 0 unspecified atom stereocenters. The van der Waals surface area contributed by atoms with Gasteiger partial charge in [-0.15, -0.1) is 0 Å². The van der Waals surface area contributed by atoms with Gasteiger partial charge in [-0.25, -0.2) is 0 Å². The summed E-state index contributed by atoms with van der Waals surface area (Å²) in [6, 6.07) is 77.7. The smallest absolute Gasteiger partial charge is 0.0714 e. The summed E-state index contributed by atoms with van der Waals surface area (Å²) >= 11 is 0. The molecule has 2 heteroatoms. The Balaban J connectivity index is 0.903. The molecule has 0 aromatic heterocycles. The number of hydrogen-bond acceptors (Lipinski definition) is 2. The highest BCUT2D eigenvalue weighted by molar-refractivity contribution is 5.92. The van der Waals surface area contributed by atoms with Crippen molar-refractivity contribution >= 4 is 40.6 Å². The van der Waals surface area contributed by atoms with Crippen LogP contribution in [0.25, 0.3) is 34.4 Å². The zero-order chi connectivity index (χ0) is 44.0. The van der Waals surface area contributed by atoms with Crippen LogP contribution in [0.5, 0.6) is 0 Å². The average Bonchev–Trinajstić information content (AvgIpc) is 3.79. The van der Waals surface area contributed by atoms with Gasteiger partial charge in [-0.1, -0.05) is 184 Å². The molecule has 0 spiro atoms. The lowest BCUT2D eigenvalue weighted by Gasteiger charge is -2.36. The molecule has 0 N–H and O–H groups in total. The minimum absolute atomic E-state index is 0.124. The van der Waals surface area contributed by atoms with Crippen LogP contribution in [-0.2, 0) is 23.7 Å². The molecular formula is C64H50N2. The first-order chi connectivity index (χ1) is 32.5. The van der Waals surface area contributed by atoms with Crippen molar-refractivity contribution in [3.8, 4) is 22.3 Å². The Morgan fingerprint density at radius 1 is 0.409 bits per heavy atom. The van der Waals surface area contributed by atoms with Crippen LogP contribution < -0.4 is 9.80 Å². The number of hydrogen-bond donors (Lipinski definition) is 0. The molecule has 9 aromatic carbocycles. The first-order valence-electron chi connectivity index (χ1n) is 23.7. The van der Waals surface area contributed by atoms with Gasteiger partial charge in [0.1, 0.15) is 0 Å². The lowest BCUT2D eigenvalue weighted by atomic mass is 9.67. The van der Waals surface area contributed by atoms with Crippen molar-refractivity contribution in [3.05, 3.63) is 267 Å². The van der Waals surface area contributed by atoms with Crippen molar-refractivity contribution in [3.63, 3.8) is 0 Å². The minimum Gasteiger partial charge on any atom is -0.341 e. The fourth-order valence-electron chi connectivity index (χ4n) is 12.1. The van der Waals surface area contributed by atoms with E-state index in [0.29, 0.717) is 0 Å². The quantitative estimate of drug-likeness (QED) is 0.154. The number of nitrogens with zero attached hydrogens (tertiary/aromatic N) is 2. The van der Waals surface area contributed by atoms with Gasteiger partial charge in [0.25, 0.3) is 0 Å². The Morgan fingerprint density at radius 3 is 1.48 bits per heavy atom. The minimum atomic E-state index is -0.541. The third-order valence-corrected chi connectivity index (χ3v) is 15.2. The van der Waals surface area contributed by atoms with Crippen LogP contribution in [0.2, 0.25) is 0 Å². The Bertz CT molecular complexity index is 3330. The Morgan fingerprint density at radius 2 is 0.864 bits per heavy atom. The highest BCUT2D eigenvalue weighted by Crippen LogP contribution is 2.58. The molecule has 0 amide bonds. The average molecular weight is 847 g/mol. The fraction of sp³-hybridized carbons (Fsp3) is 0.125. The van der Waals surface area contributed by atoms with Gasteiger partial charge in [0, 0.05) is 46.8 Å². The van der Waals surface area contributed by atoms with Gasteiger partial charge in [-0.05, 0) is 145 Å². The van der Waals surface area contributed by atoms with Crippen molar-refractivity contribution in [1.29, 1.82) is 0 Å². The summed E-state index contributed by atoms with van der Waals surface area (Å²) in [7, 11) is 0. The van der Waals surface area contributed by atoms with Gasteiger partial charge >= 0.3 is 0 Å². The molecule has 66 heavy (non-hydrogen) atoms. The van der Waals surface area contributed by atoms with E-state index in [1.165, 1.54) is 118 Å². The van der Waals surface area contributed by atoms with Crippen LogP contribution in [0.1, 0.15) is 81.5 Å². The molecule has 0 bridgehead atoms. The first-order valence-corrected chi connectivity index (χ1v) is 23.7. The van der Waals surface area contributed by atoms with Gasteiger partial charge < -0.3 is 9.80 Å². The maximum absolute atomic E-state index is 2.53. The first kappa shape index (κ1) is 38.8. The molecule has 0 fully saturated rings. The van der Waals surface area contributed by atoms with Crippen LogP contribution in [0.15, 0.2) is 206 Å². The molecule has 0 radical (unpaired) electrons. The van der Waals surface area contributed by atoms with Gasteiger partial charge in [-0.2, -0.15) is 0 Å². The third-order valence-electron chi connectivity index (χ3n) is 15.2. The van der Waals surface area contributed by atoms with E-state index in [-0.39, 0.29) is 5.41 Å². The lowest BCUT2D eigenvalue weighted by Crippen LogP contribution is -2.29. The summed E-state index contributed by atoms with van der Waals surface area (Å²) in [6.07, 6.45) is 7.89. The van der Waals surface area contributed by atoms with Crippen LogP contribution in [-0.4, -0.2) is 6.54 Å². The van der Waals surface area contributed by atoms with Crippen molar-refractivity contribution in [2.45, 2.75) is 43.9 Å². The van der Waals surface area contributed by atoms with E-state index in [1.54, 1.807) is 0 Å². The molecule has 2 nitrogen and oxygen atoms in total. The van der Waals surface area contributed by atoms with E-state index >= 15 is 0 Å². The van der Waals surface area contributed by atoms with Crippen LogP contribution in [0.4, 0.5) is 28.4 Å². The fourth-order valence-corrected chi connectivity index (χ4v) is 12.1. The zero-order valence-corrected chi connectivity index (χ0v) is 37.5. The van der Waals surface area contributed by atoms with E-state index in [9.17, 15) is 0 Å². The van der Waals surface area contributed by atoms with Gasteiger partial charge in [0.05, 0.1) is 5.41 Å². The molecule has 13 rings (SSSR count). The largest absolute Gasteiger partial charge is 0.341 e. The number of benzene rings is 9. The molecular weight excluding hydrogens is 797 g/mol. The number of para-hydroxylation sites is 3. The van der Waals surface area contributed by atoms with Crippen LogP contribution >= 0.6 is 0 Å². The Hall–Kier alpha value is -7.68. The van der Waals surface area contributed by atoms with Gasteiger partial charge in [0.15, 0.2) is 0 Å². The Kier molecular flexibility index (Phi) is 8.77. The molecule has 2 heterocycles. The van der Waals surface area contributed by atoms with Crippen molar-refractivity contribution in [2.24, 2.45) is 0 Å². The second-order valence-electron chi connectivity index (χ2n) is 19.2. The van der Waals surface area contributed by atoms with Crippen molar-refractivity contribution < 1.29 is 0 Å². The summed E-state index contributed by atoms with van der Waals surface area (Å²) in [6.45, 7) is 5.85. The molecule has 9 aromatic rings. The number of aryl methyl sites for hydroxylation is 1. The monoisotopic (exact) mass is 846 g/mol. The molecule has 0 atom stereocenters. The molecule has 0 saturated heterocycles. The van der Waals surface area contributed by atoms with E-state index in [4.69, 9.17) is 0 Å². The summed E-state index contributed by atoms with van der Waals surface area (Å²) in [5.74, 6) is 0. The summed E-state index contributed by atoms with van der Waals surface area (Å²) in [5, 5.41) is 0. The van der Waals surface area contributed by atoms with Crippen LogP contribution in [0.3, 0.4) is 0 Å². The van der Waals surface area contributed by atoms with E-state index in [0.717, 1.165) is 19.4 Å². The topological polar surface area (TPSA) is 6.48 Å². The zero-order valence-electron chi connectivity index (χ0n) is 37.5. The standard InChI is InChI=1S/C64H50N2/c1-63(2)56-38-43(29-33-52(56)53-35-31-50(41-57(53)63)65-37-15-19-45-16-9-12-24-60(45)65)27-28-44-30-34-54-55-36-32-51(66-61-25-13-10-17-46(61)40-47-18-11-14-26-62(47)66)42-59(55)64(58(54)39-44,48-20-5-3-6-21-48)49-22-7-4-8-23-49/h3-14,16-18,20-36,38-39,41-42H,15,19,37,40H2,1-2H3. The summed E-state index contributed by atoms with van der Waals surface area (Å²) < 4.78 is 0. The van der Waals surface area contributed by atoms with Crippen LogP contribution in [0, 0.1) is 0 Å². The van der Waals surface area contributed by atoms with Crippen molar-refractivity contribution in [2.75, 3.05) is 16.3 Å². The maximum atomic E-state index is 2.53. The molecule has 0 saturated carbocycles. The van der Waals surface area contributed by atoms with E-state index in [1.807, 2.05) is 0 Å². The second kappa shape index (κ2) is 14.9. The highest BCUT2D eigenvalue weighted by Gasteiger charge is 2.47. The van der Waals surface area contributed by atoms with E-state index < -0.39 is 5.41 Å². The maximum Gasteiger partial charge on any atom is 0.0714 e. The number of rotatable bonds is 6. The van der Waals surface area contributed by atoms with Gasteiger partial charge in [-0.3, -0.25) is 0 Å². The number of anilines is 5. The lowest BCUT2D eigenvalue weighted by molar-refractivity contribution is 0.659. The SMILES string of the molecule is CC1(C)c2cc(C=Cc3ccc4c(c3)C(c3ccccc3)(c3ccccc3)c3cc(N5c6ccccc6Cc6ccccc65)ccc3-4)ccc2-c2ccc(N3CCCc4ccccc43)cc21. The van der Waals surface area contributed by atoms with E-state index in [2.05, 4.69) is 242 Å². The summed E-state index contributed by atoms with van der Waals surface area (Å²) in [4.78, 5) is 5.01. The number of fused-ring (bicyclic) bond motifs is 9. The van der Waals surface area contributed by atoms with Crippen molar-refractivity contribution in [1.82, 2.24) is 0 Å². The third kappa shape index (κ3) is 5.80. The molecule has 316 valence electrons. The second-order valence-corrected chi connectivity index (χ2v) is 19.2. The molecule has 2 aliphatic carbocycles. The predicted molar refractivity (Wildman–Crippen MR) is 276 cm³/mol.